The minimum Gasteiger partial charge on any atom is -0.335 e. The Morgan fingerprint density at radius 1 is 1.20 bits per heavy atom. The molecule has 9 heteroatoms. The first-order valence-corrected chi connectivity index (χ1v) is 9.99. The Hall–Kier alpha value is -3.49. The number of rotatable bonds is 6. The molecule has 0 radical (unpaired) electrons. The molecular formula is C21H25N7O2. The molecule has 0 N–H and O–H groups in total. The second-order valence-corrected chi connectivity index (χ2v) is 7.32. The summed E-state index contributed by atoms with van der Waals surface area (Å²) in [5.74, 6) is -0.0926. The number of fused-ring (bicyclic) bond motifs is 1. The lowest BCUT2D eigenvalue weighted by Crippen LogP contribution is -2.30. The van der Waals surface area contributed by atoms with Crippen molar-refractivity contribution in [3.8, 4) is 11.3 Å². The maximum absolute atomic E-state index is 13.6. The number of nitrogens with zero attached hydrogens (tertiary/aromatic N) is 7. The van der Waals surface area contributed by atoms with Gasteiger partial charge >= 0.3 is 0 Å². The summed E-state index contributed by atoms with van der Waals surface area (Å²) in [6.45, 7) is 9.64. The number of aromatic nitrogens is 6. The molecule has 1 amide bonds. The van der Waals surface area contributed by atoms with E-state index in [-0.39, 0.29) is 5.91 Å². The number of hydrogen-bond acceptors (Lipinski definition) is 6. The quantitative estimate of drug-likeness (QED) is 0.487. The predicted molar refractivity (Wildman–Crippen MR) is 112 cm³/mol. The highest BCUT2D eigenvalue weighted by molar-refractivity contribution is 6.06. The van der Waals surface area contributed by atoms with Gasteiger partial charge in [-0.3, -0.25) is 14.2 Å². The summed E-state index contributed by atoms with van der Waals surface area (Å²) in [6, 6.07) is 1.80. The van der Waals surface area contributed by atoms with Gasteiger partial charge in [0.1, 0.15) is 0 Å². The van der Waals surface area contributed by atoms with Gasteiger partial charge in [-0.1, -0.05) is 5.16 Å². The van der Waals surface area contributed by atoms with Gasteiger partial charge in [-0.2, -0.15) is 10.2 Å². The van der Waals surface area contributed by atoms with Crippen LogP contribution in [-0.2, 0) is 20.1 Å². The van der Waals surface area contributed by atoms with E-state index in [2.05, 4.69) is 20.3 Å². The van der Waals surface area contributed by atoms with Crippen molar-refractivity contribution >= 4 is 17.0 Å². The summed E-state index contributed by atoms with van der Waals surface area (Å²) in [7, 11) is 1.84. The van der Waals surface area contributed by atoms with E-state index in [1.807, 2.05) is 51.8 Å². The molecule has 4 aromatic heterocycles. The summed E-state index contributed by atoms with van der Waals surface area (Å²) in [4.78, 5) is 20.0. The molecule has 9 nitrogen and oxygen atoms in total. The van der Waals surface area contributed by atoms with Crippen molar-refractivity contribution in [1.29, 1.82) is 0 Å². The summed E-state index contributed by atoms with van der Waals surface area (Å²) >= 11 is 0. The molecule has 0 atom stereocenters. The van der Waals surface area contributed by atoms with Crippen LogP contribution in [0.15, 0.2) is 29.2 Å². The molecule has 0 fully saturated rings. The van der Waals surface area contributed by atoms with Gasteiger partial charge in [0, 0.05) is 50.2 Å². The number of pyridine rings is 1. The normalized spacial score (nSPS) is 11.4. The van der Waals surface area contributed by atoms with Crippen LogP contribution in [0.25, 0.3) is 22.4 Å². The molecule has 0 spiro atoms. The van der Waals surface area contributed by atoms with Gasteiger partial charge in [0.15, 0.2) is 0 Å². The summed E-state index contributed by atoms with van der Waals surface area (Å²) < 4.78 is 8.99. The van der Waals surface area contributed by atoms with E-state index >= 15 is 0 Å². The topological polar surface area (TPSA) is 94.9 Å². The molecule has 0 saturated heterocycles. The fraction of sp³-hybridized carbons (Fsp3) is 0.381. The lowest BCUT2D eigenvalue weighted by atomic mass is 10.1. The van der Waals surface area contributed by atoms with Crippen molar-refractivity contribution in [3.63, 3.8) is 0 Å². The van der Waals surface area contributed by atoms with E-state index < -0.39 is 0 Å². The smallest absolute Gasteiger partial charge is 0.259 e. The Bertz CT molecular complexity index is 1220. The molecule has 0 unspecified atom stereocenters. The van der Waals surface area contributed by atoms with Crippen LogP contribution in [-0.4, -0.2) is 47.1 Å². The molecule has 4 heterocycles. The number of amides is 1. The maximum Gasteiger partial charge on any atom is 0.259 e. The van der Waals surface area contributed by atoms with Gasteiger partial charge in [-0.25, -0.2) is 4.98 Å². The van der Waals surface area contributed by atoms with E-state index in [1.165, 1.54) is 0 Å². The van der Waals surface area contributed by atoms with Crippen LogP contribution >= 0.6 is 0 Å². The Morgan fingerprint density at radius 2 is 2.00 bits per heavy atom. The van der Waals surface area contributed by atoms with E-state index in [4.69, 9.17) is 4.52 Å². The molecule has 0 aromatic carbocycles. The summed E-state index contributed by atoms with van der Waals surface area (Å²) in [6.07, 6.45) is 5.57. The maximum atomic E-state index is 13.6. The SMILES string of the molecule is CCN(Cc1cn(CC)nc1C)C(=O)c1cc(-c2cnn(C)c2)nc2onc(C)c12. The van der Waals surface area contributed by atoms with Crippen molar-refractivity contribution in [2.24, 2.45) is 7.05 Å². The largest absolute Gasteiger partial charge is 0.335 e. The third kappa shape index (κ3) is 3.47. The van der Waals surface area contributed by atoms with E-state index in [1.54, 1.807) is 21.8 Å². The first-order valence-electron chi connectivity index (χ1n) is 9.99. The molecule has 4 aromatic rings. The van der Waals surface area contributed by atoms with E-state index in [0.29, 0.717) is 41.1 Å². The molecular weight excluding hydrogens is 382 g/mol. The van der Waals surface area contributed by atoms with Gasteiger partial charge in [0.2, 0.25) is 0 Å². The van der Waals surface area contributed by atoms with Gasteiger partial charge in [0.25, 0.3) is 11.6 Å². The van der Waals surface area contributed by atoms with Crippen LogP contribution in [0, 0.1) is 13.8 Å². The lowest BCUT2D eigenvalue weighted by Gasteiger charge is -2.21. The lowest BCUT2D eigenvalue weighted by molar-refractivity contribution is 0.0754. The van der Waals surface area contributed by atoms with Crippen LogP contribution in [0.4, 0.5) is 0 Å². The minimum atomic E-state index is -0.0926. The van der Waals surface area contributed by atoms with E-state index in [9.17, 15) is 4.79 Å². The van der Waals surface area contributed by atoms with Crippen molar-refractivity contribution in [1.82, 2.24) is 34.6 Å². The highest BCUT2D eigenvalue weighted by Crippen LogP contribution is 2.28. The molecule has 0 aliphatic heterocycles. The fourth-order valence-corrected chi connectivity index (χ4v) is 3.54. The zero-order valence-electron chi connectivity index (χ0n) is 17.9. The highest BCUT2D eigenvalue weighted by atomic mass is 16.5. The first kappa shape index (κ1) is 19.8. The van der Waals surface area contributed by atoms with E-state index in [0.717, 1.165) is 23.4 Å². The molecule has 0 aliphatic rings. The third-order valence-electron chi connectivity index (χ3n) is 5.25. The number of hydrogen-bond donors (Lipinski definition) is 0. The Labute approximate surface area is 174 Å². The monoisotopic (exact) mass is 407 g/mol. The summed E-state index contributed by atoms with van der Waals surface area (Å²) in [5, 5.41) is 13.4. The Balaban J connectivity index is 1.76. The van der Waals surface area contributed by atoms with Crippen molar-refractivity contribution in [2.75, 3.05) is 6.54 Å². The summed E-state index contributed by atoms with van der Waals surface area (Å²) in [5.41, 5.74) is 4.92. The predicted octanol–water partition coefficient (Wildman–Crippen LogP) is 3.12. The van der Waals surface area contributed by atoms with Crippen LogP contribution < -0.4 is 0 Å². The van der Waals surface area contributed by atoms with Gasteiger partial charge in [-0.05, 0) is 33.8 Å². The van der Waals surface area contributed by atoms with Crippen LogP contribution in [0.3, 0.4) is 0 Å². The number of carbonyl (C=O) groups excluding carboxylic acids is 1. The standard InChI is InChI=1S/C21H25N7O2/c1-6-27(11-16-12-28(7-2)24-13(16)3)21(29)17-8-18(15-9-22-26(5)10-15)23-20-19(17)14(4)25-30-20/h8-10,12H,6-7,11H2,1-5H3. The zero-order chi connectivity index (χ0) is 21.4. The molecule has 4 rings (SSSR count). The van der Waals surface area contributed by atoms with Crippen molar-refractivity contribution in [2.45, 2.75) is 40.8 Å². The molecule has 0 aliphatic carbocycles. The Morgan fingerprint density at radius 3 is 2.63 bits per heavy atom. The Kier molecular flexibility index (Phi) is 5.11. The van der Waals surface area contributed by atoms with Gasteiger partial charge < -0.3 is 9.42 Å². The van der Waals surface area contributed by atoms with Crippen molar-refractivity contribution in [3.05, 3.63) is 47.2 Å². The first-order chi connectivity index (χ1) is 14.4. The average molecular weight is 407 g/mol. The second-order valence-electron chi connectivity index (χ2n) is 7.32. The van der Waals surface area contributed by atoms with Gasteiger partial charge in [-0.15, -0.1) is 0 Å². The van der Waals surface area contributed by atoms with Crippen LogP contribution in [0.5, 0.6) is 0 Å². The third-order valence-corrected chi connectivity index (χ3v) is 5.25. The van der Waals surface area contributed by atoms with Crippen LogP contribution in [0.2, 0.25) is 0 Å². The number of aryl methyl sites for hydroxylation is 4. The fourth-order valence-electron chi connectivity index (χ4n) is 3.54. The average Bonchev–Trinajstić information content (AvgIpc) is 3.44. The minimum absolute atomic E-state index is 0.0926. The van der Waals surface area contributed by atoms with Gasteiger partial charge in [0.05, 0.1) is 34.2 Å². The van der Waals surface area contributed by atoms with Crippen molar-refractivity contribution < 1.29 is 9.32 Å². The molecule has 0 saturated carbocycles. The van der Waals surface area contributed by atoms with Crippen LogP contribution in [0.1, 0.15) is 41.2 Å². The zero-order valence-corrected chi connectivity index (χ0v) is 17.9. The molecule has 156 valence electrons. The molecule has 30 heavy (non-hydrogen) atoms. The number of carbonyl (C=O) groups is 1. The highest BCUT2D eigenvalue weighted by Gasteiger charge is 2.24. The molecule has 0 bridgehead atoms. The second kappa shape index (κ2) is 7.74.